The summed E-state index contributed by atoms with van der Waals surface area (Å²) in [5.74, 6) is -0.439. The molecule has 10 heteroatoms. The zero-order valence-electron chi connectivity index (χ0n) is 17.5. The molecular weight excluding hydrogens is 442 g/mol. The Morgan fingerprint density at radius 1 is 1.19 bits per heavy atom. The topological polar surface area (TPSA) is 96.0 Å². The number of hydrogen-bond acceptors (Lipinski definition) is 5. The lowest BCUT2D eigenvalue weighted by Gasteiger charge is -2.34. The van der Waals surface area contributed by atoms with Crippen LogP contribution in [-0.2, 0) is 14.8 Å². The lowest BCUT2D eigenvalue weighted by atomic mass is 10.1. The van der Waals surface area contributed by atoms with Crippen LogP contribution in [0.15, 0.2) is 47.4 Å². The van der Waals surface area contributed by atoms with Crippen LogP contribution in [0.3, 0.4) is 0 Å². The van der Waals surface area contributed by atoms with Gasteiger partial charge in [-0.2, -0.15) is 4.31 Å². The molecule has 1 N–H and O–H groups in total. The molecule has 31 heavy (non-hydrogen) atoms. The van der Waals surface area contributed by atoms with Gasteiger partial charge in [0.25, 0.3) is 11.8 Å². The van der Waals surface area contributed by atoms with Crippen molar-refractivity contribution in [3.63, 3.8) is 0 Å². The molecule has 3 rings (SSSR count). The second-order valence-electron chi connectivity index (χ2n) is 6.84. The SMILES string of the molecule is CCN(CC)S(=O)(=O)c1cc(C(=O)N2C[C@@H](C(=O)NC)Oc3ccccc32)ccc1Cl. The Morgan fingerprint density at radius 2 is 1.87 bits per heavy atom. The normalized spacial score (nSPS) is 15.9. The third-order valence-electron chi connectivity index (χ3n) is 5.06. The molecule has 0 spiro atoms. The van der Waals surface area contributed by atoms with Gasteiger partial charge >= 0.3 is 0 Å². The van der Waals surface area contributed by atoms with Crippen molar-refractivity contribution < 1.29 is 22.7 Å². The summed E-state index contributed by atoms with van der Waals surface area (Å²) >= 11 is 6.19. The number of fused-ring (bicyclic) bond motifs is 1. The Kier molecular flexibility index (Phi) is 6.88. The van der Waals surface area contributed by atoms with Crippen LogP contribution in [0.25, 0.3) is 0 Å². The lowest BCUT2D eigenvalue weighted by molar-refractivity contribution is -0.127. The zero-order valence-corrected chi connectivity index (χ0v) is 19.0. The minimum atomic E-state index is -3.87. The maximum absolute atomic E-state index is 13.4. The third kappa shape index (κ3) is 4.39. The predicted molar refractivity (Wildman–Crippen MR) is 118 cm³/mol. The third-order valence-corrected chi connectivity index (χ3v) is 7.59. The molecule has 0 radical (unpaired) electrons. The number of likely N-dealkylation sites (N-methyl/N-ethyl adjacent to an activating group) is 1. The fourth-order valence-corrected chi connectivity index (χ4v) is 5.38. The smallest absolute Gasteiger partial charge is 0.262 e. The first-order valence-electron chi connectivity index (χ1n) is 9.83. The Hall–Kier alpha value is -2.62. The quantitative estimate of drug-likeness (QED) is 0.707. The van der Waals surface area contributed by atoms with Gasteiger partial charge in [-0.25, -0.2) is 8.42 Å². The van der Waals surface area contributed by atoms with E-state index in [1.165, 1.54) is 34.5 Å². The number of nitrogens with zero attached hydrogens (tertiary/aromatic N) is 2. The minimum Gasteiger partial charge on any atom is -0.477 e. The Labute approximate surface area is 186 Å². The van der Waals surface area contributed by atoms with E-state index < -0.39 is 22.0 Å². The van der Waals surface area contributed by atoms with Crippen molar-refractivity contribution in [2.45, 2.75) is 24.8 Å². The number of nitrogens with one attached hydrogen (secondary N) is 1. The van der Waals surface area contributed by atoms with E-state index in [0.29, 0.717) is 11.4 Å². The fourth-order valence-electron chi connectivity index (χ4n) is 3.42. The van der Waals surface area contributed by atoms with Crippen LogP contribution in [-0.4, -0.2) is 57.3 Å². The highest BCUT2D eigenvalue weighted by Gasteiger charge is 2.34. The summed E-state index contributed by atoms with van der Waals surface area (Å²) in [5, 5.41) is 2.56. The molecule has 0 fully saturated rings. The van der Waals surface area contributed by atoms with Crippen LogP contribution < -0.4 is 15.0 Å². The number of carbonyl (C=O) groups excluding carboxylic acids is 2. The van der Waals surface area contributed by atoms with Gasteiger partial charge in [0, 0.05) is 25.7 Å². The summed E-state index contributed by atoms with van der Waals surface area (Å²) < 4.78 is 33.0. The molecule has 166 valence electrons. The average Bonchev–Trinajstić information content (AvgIpc) is 2.78. The van der Waals surface area contributed by atoms with Crippen molar-refractivity contribution in [3.8, 4) is 5.75 Å². The summed E-state index contributed by atoms with van der Waals surface area (Å²) in [6.45, 7) is 3.99. The number of halogens is 1. The zero-order chi connectivity index (χ0) is 22.8. The van der Waals surface area contributed by atoms with Gasteiger partial charge in [-0.1, -0.05) is 37.6 Å². The molecule has 1 aliphatic rings. The monoisotopic (exact) mass is 465 g/mol. The summed E-state index contributed by atoms with van der Waals surface area (Å²) in [7, 11) is -2.38. The molecule has 1 atom stereocenters. The number of carbonyl (C=O) groups is 2. The molecule has 2 aromatic carbocycles. The average molecular weight is 466 g/mol. The maximum atomic E-state index is 13.4. The van der Waals surface area contributed by atoms with Crippen molar-refractivity contribution in [1.29, 1.82) is 0 Å². The van der Waals surface area contributed by atoms with E-state index in [-0.39, 0.29) is 41.0 Å². The molecular formula is C21H24ClN3O5S. The number of hydrogen-bond donors (Lipinski definition) is 1. The first kappa shape index (κ1) is 23.1. The molecule has 2 amide bonds. The number of benzene rings is 2. The van der Waals surface area contributed by atoms with Crippen molar-refractivity contribution in [2.75, 3.05) is 31.6 Å². The highest BCUT2D eigenvalue weighted by Crippen LogP contribution is 2.35. The Morgan fingerprint density at radius 3 is 2.52 bits per heavy atom. The van der Waals surface area contributed by atoms with E-state index in [4.69, 9.17) is 16.3 Å². The molecule has 1 aliphatic heterocycles. The second kappa shape index (κ2) is 9.25. The van der Waals surface area contributed by atoms with Crippen molar-refractivity contribution in [1.82, 2.24) is 9.62 Å². The van der Waals surface area contributed by atoms with Crippen LogP contribution >= 0.6 is 11.6 Å². The van der Waals surface area contributed by atoms with Gasteiger partial charge in [0.1, 0.15) is 10.6 Å². The Balaban J connectivity index is 2.04. The van der Waals surface area contributed by atoms with Crippen LogP contribution in [0.2, 0.25) is 5.02 Å². The van der Waals surface area contributed by atoms with Gasteiger partial charge in [0.2, 0.25) is 10.0 Å². The van der Waals surface area contributed by atoms with E-state index >= 15 is 0 Å². The van der Waals surface area contributed by atoms with Crippen LogP contribution in [0, 0.1) is 0 Å². The highest BCUT2D eigenvalue weighted by molar-refractivity contribution is 7.89. The summed E-state index contributed by atoms with van der Waals surface area (Å²) in [6.07, 6.45) is -0.893. The van der Waals surface area contributed by atoms with Crippen LogP contribution in [0.5, 0.6) is 5.75 Å². The molecule has 0 saturated heterocycles. The highest BCUT2D eigenvalue weighted by atomic mass is 35.5. The second-order valence-corrected chi connectivity index (χ2v) is 9.15. The molecule has 2 aromatic rings. The summed E-state index contributed by atoms with van der Waals surface area (Å²) in [6, 6.07) is 11.0. The lowest BCUT2D eigenvalue weighted by Crippen LogP contribution is -2.50. The van der Waals surface area contributed by atoms with Crippen molar-refractivity contribution >= 4 is 39.1 Å². The van der Waals surface area contributed by atoms with E-state index in [2.05, 4.69) is 5.32 Å². The molecule has 0 saturated carbocycles. The van der Waals surface area contributed by atoms with Gasteiger partial charge in [-0.15, -0.1) is 0 Å². The summed E-state index contributed by atoms with van der Waals surface area (Å²) in [4.78, 5) is 26.9. The standard InChI is InChI=1S/C21H24ClN3O5S/c1-4-24(5-2)31(28,29)19-12-14(10-11-15(19)22)21(27)25-13-18(20(26)23-3)30-17-9-7-6-8-16(17)25/h6-12,18H,4-5,13H2,1-3H3,(H,23,26)/t18-/m0/s1. The molecule has 0 aromatic heterocycles. The Bertz CT molecular complexity index is 1100. The molecule has 8 nitrogen and oxygen atoms in total. The van der Waals surface area contributed by atoms with Crippen LogP contribution in [0.4, 0.5) is 5.69 Å². The predicted octanol–water partition coefficient (Wildman–Crippen LogP) is 2.52. The molecule has 1 heterocycles. The van der Waals surface area contributed by atoms with E-state index in [1.54, 1.807) is 38.1 Å². The van der Waals surface area contributed by atoms with Gasteiger partial charge in [0.05, 0.1) is 17.3 Å². The number of rotatable bonds is 6. The van der Waals surface area contributed by atoms with Gasteiger partial charge in [-0.3, -0.25) is 9.59 Å². The van der Waals surface area contributed by atoms with E-state index in [0.717, 1.165) is 0 Å². The van der Waals surface area contributed by atoms with Gasteiger partial charge < -0.3 is 15.0 Å². The minimum absolute atomic E-state index is 0.0176. The van der Waals surface area contributed by atoms with Crippen molar-refractivity contribution in [2.24, 2.45) is 0 Å². The van der Waals surface area contributed by atoms with E-state index in [1.807, 2.05) is 0 Å². The first-order valence-corrected chi connectivity index (χ1v) is 11.6. The number of amides is 2. The maximum Gasteiger partial charge on any atom is 0.262 e. The van der Waals surface area contributed by atoms with Gasteiger partial charge in [0.15, 0.2) is 6.10 Å². The number of anilines is 1. The van der Waals surface area contributed by atoms with Crippen molar-refractivity contribution in [3.05, 3.63) is 53.1 Å². The fraction of sp³-hybridized carbons (Fsp3) is 0.333. The van der Waals surface area contributed by atoms with E-state index in [9.17, 15) is 18.0 Å². The molecule has 0 unspecified atom stereocenters. The number of para-hydroxylation sites is 2. The molecule has 0 aliphatic carbocycles. The number of ether oxygens (including phenoxy) is 1. The molecule has 0 bridgehead atoms. The number of sulfonamides is 1. The largest absolute Gasteiger partial charge is 0.477 e. The van der Waals surface area contributed by atoms with Gasteiger partial charge in [-0.05, 0) is 30.3 Å². The first-order chi connectivity index (χ1) is 14.7. The van der Waals surface area contributed by atoms with Crippen LogP contribution in [0.1, 0.15) is 24.2 Å². The summed E-state index contributed by atoms with van der Waals surface area (Å²) in [5.41, 5.74) is 0.637.